The topological polar surface area (TPSA) is 64.1 Å². The van der Waals surface area contributed by atoms with Gasteiger partial charge in [-0.3, -0.25) is 15.1 Å². The molecule has 0 saturated carbocycles. The average molecular weight is 374 g/mol. The maximum absolute atomic E-state index is 12.3. The van der Waals surface area contributed by atoms with E-state index in [1.807, 2.05) is 25.1 Å². The van der Waals surface area contributed by atoms with E-state index in [1.165, 1.54) is 11.3 Å². The molecule has 5 nitrogen and oxygen atoms in total. The van der Waals surface area contributed by atoms with Crippen molar-refractivity contribution < 1.29 is 9.53 Å². The van der Waals surface area contributed by atoms with E-state index in [1.54, 1.807) is 37.4 Å². The number of anilines is 1. The van der Waals surface area contributed by atoms with E-state index in [4.69, 9.17) is 16.3 Å². The van der Waals surface area contributed by atoms with Gasteiger partial charge in [-0.15, -0.1) is 0 Å². The molecule has 25 heavy (non-hydrogen) atoms. The number of benzene rings is 1. The fourth-order valence-electron chi connectivity index (χ4n) is 2.19. The van der Waals surface area contributed by atoms with Crippen LogP contribution < -0.4 is 10.1 Å². The number of ether oxygens (including phenoxy) is 1. The normalized spacial score (nSPS) is 11.8. The molecule has 1 N–H and O–H groups in total. The first-order valence-corrected chi connectivity index (χ1v) is 8.84. The minimum absolute atomic E-state index is 0.277. The quantitative estimate of drug-likeness (QED) is 0.711. The Hall–Kier alpha value is -2.44. The second-order valence-electron chi connectivity index (χ2n) is 5.36. The zero-order chi connectivity index (χ0) is 17.8. The Morgan fingerprint density at radius 3 is 2.84 bits per heavy atom. The zero-order valence-electron chi connectivity index (χ0n) is 13.7. The summed E-state index contributed by atoms with van der Waals surface area (Å²) >= 11 is 7.31. The molecule has 0 radical (unpaired) electrons. The van der Waals surface area contributed by atoms with Crippen LogP contribution in [0.4, 0.5) is 5.13 Å². The second-order valence-corrected chi connectivity index (χ2v) is 6.79. The van der Waals surface area contributed by atoms with E-state index in [9.17, 15) is 4.79 Å². The number of thiazole rings is 1. The lowest BCUT2D eigenvalue weighted by Gasteiger charge is -2.13. The van der Waals surface area contributed by atoms with Crippen LogP contribution in [0.5, 0.6) is 5.75 Å². The van der Waals surface area contributed by atoms with Gasteiger partial charge in [-0.2, -0.15) is 0 Å². The number of nitrogens with one attached hydrogen (secondary N) is 1. The van der Waals surface area contributed by atoms with Crippen molar-refractivity contribution in [1.29, 1.82) is 0 Å². The number of hydrogen-bond acceptors (Lipinski definition) is 5. The SMILES string of the molecule is Cc1nc(NC(=O)C(C)Oc2cccc(Cl)c2)sc1-c1ccccn1. The van der Waals surface area contributed by atoms with Crippen LogP contribution in [0.2, 0.25) is 5.02 Å². The number of amides is 1. The van der Waals surface area contributed by atoms with Crippen molar-refractivity contribution in [3.63, 3.8) is 0 Å². The Balaban J connectivity index is 1.69. The molecule has 2 heterocycles. The first kappa shape index (κ1) is 17.4. The van der Waals surface area contributed by atoms with Gasteiger partial charge in [-0.05, 0) is 44.2 Å². The Morgan fingerprint density at radius 2 is 2.12 bits per heavy atom. The average Bonchev–Trinajstić information content (AvgIpc) is 2.96. The number of aryl methyl sites for hydroxylation is 1. The largest absolute Gasteiger partial charge is 0.481 e. The number of rotatable bonds is 5. The number of nitrogens with zero attached hydrogens (tertiary/aromatic N) is 2. The van der Waals surface area contributed by atoms with Crippen molar-refractivity contribution in [2.45, 2.75) is 20.0 Å². The van der Waals surface area contributed by atoms with Crippen molar-refractivity contribution in [2.24, 2.45) is 0 Å². The van der Waals surface area contributed by atoms with Crippen LogP contribution in [0.3, 0.4) is 0 Å². The van der Waals surface area contributed by atoms with E-state index in [0.29, 0.717) is 15.9 Å². The summed E-state index contributed by atoms with van der Waals surface area (Å²) in [6.45, 7) is 3.57. The van der Waals surface area contributed by atoms with Gasteiger partial charge in [0.05, 0.1) is 16.3 Å². The van der Waals surface area contributed by atoms with E-state index in [2.05, 4.69) is 15.3 Å². The summed E-state index contributed by atoms with van der Waals surface area (Å²) in [5.41, 5.74) is 1.66. The third-order valence-corrected chi connectivity index (χ3v) is 4.73. The predicted molar refractivity (Wildman–Crippen MR) is 100 cm³/mol. The molecule has 0 fully saturated rings. The molecule has 0 aliphatic heterocycles. The van der Waals surface area contributed by atoms with Crippen LogP contribution in [0.1, 0.15) is 12.6 Å². The molecule has 0 bridgehead atoms. The Labute approximate surface area is 154 Å². The molecule has 1 unspecified atom stereocenters. The molecule has 1 atom stereocenters. The first-order valence-electron chi connectivity index (χ1n) is 7.65. The van der Waals surface area contributed by atoms with E-state index < -0.39 is 6.10 Å². The molecule has 3 rings (SSSR count). The van der Waals surface area contributed by atoms with Gasteiger partial charge in [0, 0.05) is 11.2 Å². The Morgan fingerprint density at radius 1 is 1.28 bits per heavy atom. The summed E-state index contributed by atoms with van der Waals surface area (Å²) in [5, 5.41) is 3.86. The maximum Gasteiger partial charge on any atom is 0.266 e. The smallest absolute Gasteiger partial charge is 0.266 e. The van der Waals surface area contributed by atoms with Crippen LogP contribution in [-0.2, 0) is 4.79 Å². The van der Waals surface area contributed by atoms with Crippen LogP contribution in [0.25, 0.3) is 10.6 Å². The highest BCUT2D eigenvalue weighted by Crippen LogP contribution is 2.31. The molecule has 128 valence electrons. The van der Waals surface area contributed by atoms with Crippen LogP contribution >= 0.6 is 22.9 Å². The summed E-state index contributed by atoms with van der Waals surface area (Å²) in [7, 11) is 0. The molecule has 1 aromatic carbocycles. The number of pyridine rings is 1. The standard InChI is InChI=1S/C18H16ClN3O2S/c1-11-16(15-8-3-4-9-20-15)25-18(21-11)22-17(23)12(2)24-14-7-5-6-13(19)10-14/h3-10,12H,1-2H3,(H,21,22,23). The summed E-state index contributed by atoms with van der Waals surface area (Å²) in [6.07, 6.45) is 1.05. The van der Waals surface area contributed by atoms with E-state index in [0.717, 1.165) is 16.3 Å². The molecular formula is C18H16ClN3O2S. The van der Waals surface area contributed by atoms with Crippen molar-refractivity contribution >= 4 is 34.0 Å². The van der Waals surface area contributed by atoms with E-state index >= 15 is 0 Å². The minimum atomic E-state index is -0.680. The lowest BCUT2D eigenvalue weighted by Crippen LogP contribution is -2.30. The highest BCUT2D eigenvalue weighted by atomic mass is 35.5. The van der Waals surface area contributed by atoms with Crippen LogP contribution in [0.15, 0.2) is 48.7 Å². The number of carbonyl (C=O) groups excluding carboxylic acids is 1. The lowest BCUT2D eigenvalue weighted by atomic mass is 10.3. The van der Waals surface area contributed by atoms with Crippen LogP contribution in [-0.4, -0.2) is 22.0 Å². The summed E-state index contributed by atoms with van der Waals surface area (Å²) in [5.74, 6) is 0.265. The van der Waals surface area contributed by atoms with Crippen molar-refractivity contribution in [3.8, 4) is 16.3 Å². The Kier molecular flexibility index (Phi) is 5.31. The highest BCUT2D eigenvalue weighted by Gasteiger charge is 2.18. The molecule has 0 aliphatic carbocycles. The summed E-state index contributed by atoms with van der Waals surface area (Å²) < 4.78 is 5.62. The van der Waals surface area contributed by atoms with Crippen molar-refractivity contribution in [2.75, 3.05) is 5.32 Å². The maximum atomic E-state index is 12.3. The highest BCUT2D eigenvalue weighted by molar-refractivity contribution is 7.19. The van der Waals surface area contributed by atoms with Crippen molar-refractivity contribution in [1.82, 2.24) is 9.97 Å². The van der Waals surface area contributed by atoms with Gasteiger partial charge in [-0.1, -0.05) is 35.1 Å². The van der Waals surface area contributed by atoms with Gasteiger partial charge in [0.2, 0.25) is 0 Å². The third-order valence-electron chi connectivity index (χ3n) is 3.40. The number of halogens is 1. The monoisotopic (exact) mass is 373 g/mol. The molecule has 0 spiro atoms. The van der Waals surface area contributed by atoms with E-state index in [-0.39, 0.29) is 5.91 Å². The van der Waals surface area contributed by atoms with Gasteiger partial charge in [-0.25, -0.2) is 4.98 Å². The Bertz CT molecular complexity index is 883. The third kappa shape index (κ3) is 4.35. The second kappa shape index (κ2) is 7.63. The van der Waals surface area contributed by atoms with Gasteiger partial charge in [0.15, 0.2) is 11.2 Å². The molecule has 0 aliphatic rings. The molecule has 1 amide bonds. The minimum Gasteiger partial charge on any atom is -0.481 e. The van der Waals surface area contributed by atoms with Crippen LogP contribution in [0, 0.1) is 6.92 Å². The predicted octanol–water partition coefficient (Wildman–Crippen LogP) is 4.57. The molecule has 7 heteroatoms. The molecule has 3 aromatic rings. The van der Waals surface area contributed by atoms with Gasteiger partial charge in [0.1, 0.15) is 5.75 Å². The van der Waals surface area contributed by atoms with Gasteiger partial charge in [0.25, 0.3) is 5.91 Å². The lowest BCUT2D eigenvalue weighted by molar-refractivity contribution is -0.122. The zero-order valence-corrected chi connectivity index (χ0v) is 15.3. The number of aromatic nitrogens is 2. The van der Waals surface area contributed by atoms with Gasteiger partial charge < -0.3 is 4.74 Å². The van der Waals surface area contributed by atoms with Gasteiger partial charge >= 0.3 is 0 Å². The summed E-state index contributed by atoms with van der Waals surface area (Å²) in [4.78, 5) is 22.0. The summed E-state index contributed by atoms with van der Waals surface area (Å²) in [6, 6.07) is 12.6. The first-order chi connectivity index (χ1) is 12.0. The fraction of sp³-hybridized carbons (Fsp3) is 0.167. The van der Waals surface area contributed by atoms with Crippen molar-refractivity contribution in [3.05, 3.63) is 59.4 Å². The number of hydrogen-bond donors (Lipinski definition) is 1. The number of carbonyl (C=O) groups is 1. The molecular weight excluding hydrogens is 358 g/mol. The fourth-order valence-corrected chi connectivity index (χ4v) is 3.32. The molecule has 2 aromatic heterocycles. The molecule has 0 saturated heterocycles.